The Morgan fingerprint density at radius 3 is 1.39 bits per heavy atom. The standard InChI is InChI=1S/C7H14N2.2C2HF3O2/c1-7(8)4-9(5-7)6-2-3-6;2*3-2(4,5)1(6)7/h6H,2-5,8H2,1H3;2*(H,6,7). The number of aliphatic carboxylic acids is 2. The van der Waals surface area contributed by atoms with Crippen LogP contribution in [-0.4, -0.2) is 64.1 Å². The van der Waals surface area contributed by atoms with E-state index in [-0.39, 0.29) is 5.54 Å². The predicted octanol–water partition coefficient (Wildman–Crippen LogP) is 1.45. The number of carboxylic acid groups (broad SMARTS) is 2. The highest BCUT2D eigenvalue weighted by molar-refractivity contribution is 5.73. The van der Waals surface area contributed by atoms with Crippen molar-refractivity contribution in [1.29, 1.82) is 0 Å². The molecule has 0 spiro atoms. The molecule has 12 heteroatoms. The van der Waals surface area contributed by atoms with Crippen LogP contribution in [0.2, 0.25) is 0 Å². The molecule has 0 unspecified atom stereocenters. The van der Waals surface area contributed by atoms with E-state index < -0.39 is 24.3 Å². The smallest absolute Gasteiger partial charge is 0.475 e. The van der Waals surface area contributed by atoms with E-state index in [2.05, 4.69) is 11.8 Å². The molecule has 23 heavy (non-hydrogen) atoms. The normalized spacial score (nSPS) is 20.2. The first-order chi connectivity index (χ1) is 10.1. The minimum atomic E-state index is -5.08. The summed E-state index contributed by atoms with van der Waals surface area (Å²) in [7, 11) is 0. The first-order valence-electron chi connectivity index (χ1n) is 6.19. The molecule has 1 saturated heterocycles. The SMILES string of the molecule is CC1(N)CN(C2CC2)C1.O=C(O)C(F)(F)F.O=C(O)C(F)(F)F. The van der Waals surface area contributed by atoms with Gasteiger partial charge in [0.15, 0.2) is 0 Å². The highest BCUT2D eigenvalue weighted by Gasteiger charge is 2.42. The summed E-state index contributed by atoms with van der Waals surface area (Å²) in [6.45, 7) is 4.38. The number of likely N-dealkylation sites (tertiary alicyclic amines) is 1. The molecule has 0 aromatic heterocycles. The Balaban J connectivity index is 0.000000322. The maximum atomic E-state index is 10.6. The number of hydrogen-bond acceptors (Lipinski definition) is 4. The average Bonchev–Trinajstić information content (AvgIpc) is 3.08. The molecule has 1 heterocycles. The molecule has 0 aromatic carbocycles. The number of alkyl halides is 6. The van der Waals surface area contributed by atoms with E-state index in [1.165, 1.54) is 12.8 Å². The van der Waals surface area contributed by atoms with Crippen molar-refractivity contribution in [3.05, 3.63) is 0 Å². The summed E-state index contributed by atoms with van der Waals surface area (Å²) in [6.07, 6.45) is -7.34. The van der Waals surface area contributed by atoms with E-state index in [4.69, 9.17) is 25.5 Å². The number of carbonyl (C=O) groups is 2. The summed E-state index contributed by atoms with van der Waals surface area (Å²) in [5, 5.41) is 14.2. The Labute approximate surface area is 126 Å². The fourth-order valence-corrected chi connectivity index (χ4v) is 1.58. The number of carboxylic acids is 2. The number of hydrogen-bond donors (Lipinski definition) is 3. The van der Waals surface area contributed by atoms with E-state index in [1.807, 2.05) is 0 Å². The highest BCUT2D eigenvalue weighted by atomic mass is 19.4. The molecular weight excluding hydrogens is 338 g/mol. The summed E-state index contributed by atoms with van der Waals surface area (Å²) >= 11 is 0. The Morgan fingerprint density at radius 2 is 1.26 bits per heavy atom. The van der Waals surface area contributed by atoms with Crippen molar-refractivity contribution >= 4 is 11.9 Å². The second-order valence-electron chi connectivity index (χ2n) is 5.40. The predicted molar refractivity (Wildman–Crippen MR) is 64.6 cm³/mol. The van der Waals surface area contributed by atoms with Gasteiger partial charge in [-0.25, -0.2) is 9.59 Å². The van der Waals surface area contributed by atoms with Gasteiger partial charge in [0.2, 0.25) is 0 Å². The van der Waals surface area contributed by atoms with E-state index in [0.717, 1.165) is 19.1 Å². The zero-order valence-electron chi connectivity index (χ0n) is 11.9. The van der Waals surface area contributed by atoms with Crippen molar-refractivity contribution in [2.24, 2.45) is 5.73 Å². The molecule has 1 aliphatic carbocycles. The summed E-state index contributed by atoms with van der Waals surface area (Å²) in [5.41, 5.74) is 5.98. The summed E-state index contributed by atoms with van der Waals surface area (Å²) < 4.78 is 63.5. The molecule has 1 saturated carbocycles. The first kappa shape index (κ1) is 21.4. The van der Waals surface area contributed by atoms with Crippen molar-refractivity contribution < 1.29 is 46.1 Å². The lowest BCUT2D eigenvalue weighted by Crippen LogP contribution is -2.65. The third kappa shape index (κ3) is 9.23. The lowest BCUT2D eigenvalue weighted by Gasteiger charge is -2.45. The zero-order valence-corrected chi connectivity index (χ0v) is 11.9. The molecule has 0 atom stereocenters. The fraction of sp³-hybridized carbons (Fsp3) is 0.818. The van der Waals surface area contributed by atoms with Crippen LogP contribution < -0.4 is 5.73 Å². The Morgan fingerprint density at radius 1 is 1.00 bits per heavy atom. The zero-order chi connectivity index (χ0) is 18.6. The number of halogens is 6. The van der Waals surface area contributed by atoms with Gasteiger partial charge in [-0.15, -0.1) is 0 Å². The van der Waals surface area contributed by atoms with Crippen molar-refractivity contribution in [2.75, 3.05) is 13.1 Å². The minimum Gasteiger partial charge on any atom is -0.475 e. The van der Waals surface area contributed by atoms with Crippen LogP contribution in [0.3, 0.4) is 0 Å². The Bertz CT molecular complexity index is 399. The summed E-state index contributed by atoms with van der Waals surface area (Å²) in [5.74, 6) is -5.51. The molecular formula is C11H16F6N2O4. The second-order valence-corrected chi connectivity index (χ2v) is 5.40. The Hall–Kier alpha value is -1.56. The summed E-state index contributed by atoms with van der Waals surface area (Å²) in [4.78, 5) is 20.3. The van der Waals surface area contributed by atoms with Gasteiger partial charge in [-0.1, -0.05) is 0 Å². The number of rotatable bonds is 1. The van der Waals surface area contributed by atoms with E-state index >= 15 is 0 Å². The van der Waals surface area contributed by atoms with Crippen LogP contribution >= 0.6 is 0 Å². The molecule has 2 rings (SSSR count). The van der Waals surface area contributed by atoms with Crippen LogP contribution in [0.15, 0.2) is 0 Å². The van der Waals surface area contributed by atoms with Gasteiger partial charge in [-0.2, -0.15) is 26.3 Å². The molecule has 136 valence electrons. The molecule has 0 bridgehead atoms. The number of nitrogens with zero attached hydrogens (tertiary/aromatic N) is 1. The molecule has 0 radical (unpaired) electrons. The van der Waals surface area contributed by atoms with Crippen LogP contribution in [0.5, 0.6) is 0 Å². The molecule has 0 aromatic rings. The first-order valence-corrected chi connectivity index (χ1v) is 6.19. The van der Waals surface area contributed by atoms with Crippen molar-refractivity contribution in [1.82, 2.24) is 4.90 Å². The van der Waals surface area contributed by atoms with E-state index in [0.29, 0.717) is 0 Å². The van der Waals surface area contributed by atoms with Crippen LogP contribution in [0.4, 0.5) is 26.3 Å². The van der Waals surface area contributed by atoms with Crippen LogP contribution in [0.25, 0.3) is 0 Å². The second kappa shape index (κ2) is 7.34. The maximum Gasteiger partial charge on any atom is 0.490 e. The van der Waals surface area contributed by atoms with Gasteiger partial charge in [0.1, 0.15) is 0 Å². The quantitative estimate of drug-likeness (QED) is 0.616. The highest BCUT2D eigenvalue weighted by Crippen LogP contribution is 2.33. The summed E-state index contributed by atoms with van der Waals surface area (Å²) in [6, 6.07) is 0.918. The van der Waals surface area contributed by atoms with Crippen LogP contribution in [-0.2, 0) is 9.59 Å². The third-order valence-electron chi connectivity index (χ3n) is 2.68. The fourth-order valence-electron chi connectivity index (χ4n) is 1.58. The van der Waals surface area contributed by atoms with Gasteiger partial charge < -0.3 is 15.9 Å². The molecule has 6 nitrogen and oxygen atoms in total. The largest absolute Gasteiger partial charge is 0.490 e. The van der Waals surface area contributed by atoms with Crippen molar-refractivity contribution in [2.45, 2.75) is 43.7 Å². The molecule has 2 aliphatic rings. The van der Waals surface area contributed by atoms with Gasteiger partial charge in [-0.05, 0) is 19.8 Å². The molecule has 1 aliphatic heterocycles. The third-order valence-corrected chi connectivity index (χ3v) is 2.68. The maximum absolute atomic E-state index is 10.6. The van der Waals surface area contributed by atoms with Crippen LogP contribution in [0, 0.1) is 0 Å². The Kier molecular flexibility index (Phi) is 6.84. The van der Waals surface area contributed by atoms with Gasteiger partial charge in [0.05, 0.1) is 0 Å². The van der Waals surface area contributed by atoms with Gasteiger partial charge in [0, 0.05) is 24.7 Å². The lowest BCUT2D eigenvalue weighted by atomic mass is 9.94. The van der Waals surface area contributed by atoms with Crippen LogP contribution in [0.1, 0.15) is 19.8 Å². The van der Waals surface area contributed by atoms with Gasteiger partial charge in [0.25, 0.3) is 0 Å². The average molecular weight is 354 g/mol. The monoisotopic (exact) mass is 354 g/mol. The number of nitrogens with two attached hydrogens (primary N) is 1. The van der Waals surface area contributed by atoms with Crippen molar-refractivity contribution in [3.63, 3.8) is 0 Å². The van der Waals surface area contributed by atoms with Crippen molar-refractivity contribution in [3.8, 4) is 0 Å². The molecule has 4 N–H and O–H groups in total. The molecule has 0 amide bonds. The van der Waals surface area contributed by atoms with Gasteiger partial charge >= 0.3 is 24.3 Å². The topological polar surface area (TPSA) is 104 Å². The minimum absolute atomic E-state index is 0.141. The lowest BCUT2D eigenvalue weighted by molar-refractivity contribution is -0.193. The van der Waals surface area contributed by atoms with E-state index in [9.17, 15) is 26.3 Å². The molecule has 2 fully saturated rings. The van der Waals surface area contributed by atoms with E-state index in [1.54, 1.807) is 0 Å². The van der Waals surface area contributed by atoms with Gasteiger partial charge in [-0.3, -0.25) is 4.90 Å².